The lowest BCUT2D eigenvalue weighted by Gasteiger charge is -2.24. The quantitative estimate of drug-likeness (QED) is 0.846. The average molecular weight is 315 g/mol. The van der Waals surface area contributed by atoms with Crippen LogP contribution >= 0.6 is 0 Å². The number of amides is 1. The number of carbonyl (C=O) groups is 1. The molecule has 0 spiro atoms. The molecule has 1 atom stereocenters. The predicted molar refractivity (Wildman–Crippen MR) is 88.0 cm³/mol. The molecule has 2 aromatic rings. The van der Waals surface area contributed by atoms with E-state index in [1.807, 2.05) is 40.5 Å². The van der Waals surface area contributed by atoms with Gasteiger partial charge in [0.05, 0.1) is 18.3 Å². The molecule has 3 rings (SSSR count). The lowest BCUT2D eigenvalue weighted by molar-refractivity contribution is -0.132. The normalized spacial score (nSPS) is 17.9. The van der Waals surface area contributed by atoms with Crippen molar-refractivity contribution in [3.8, 4) is 0 Å². The van der Waals surface area contributed by atoms with Gasteiger partial charge in [-0.25, -0.2) is 0 Å². The summed E-state index contributed by atoms with van der Waals surface area (Å²) in [6, 6.07) is 2.20. The van der Waals surface area contributed by atoms with Crippen LogP contribution in [-0.2, 0) is 24.8 Å². The molecule has 23 heavy (non-hydrogen) atoms. The summed E-state index contributed by atoms with van der Waals surface area (Å²) in [6.07, 6.45) is 7.23. The summed E-state index contributed by atoms with van der Waals surface area (Å²) >= 11 is 0. The maximum absolute atomic E-state index is 12.7. The molecule has 0 aromatic carbocycles. The standard InChI is InChI=1S/C17H25N5O/c1-13-16(14(2)20(3)19-13)7-8-17(23)22-11-4-6-15(22)12-21-10-5-9-18-21/h5,9-10,15H,4,6-8,11-12H2,1-3H3/t15-/m1/s1. The van der Waals surface area contributed by atoms with E-state index in [1.54, 1.807) is 6.20 Å². The summed E-state index contributed by atoms with van der Waals surface area (Å²) in [5.74, 6) is 0.252. The van der Waals surface area contributed by atoms with Crippen LogP contribution in [0.2, 0.25) is 0 Å². The number of carbonyl (C=O) groups excluding carboxylic acids is 1. The fourth-order valence-electron chi connectivity index (χ4n) is 3.53. The summed E-state index contributed by atoms with van der Waals surface area (Å²) in [6.45, 7) is 5.75. The Labute approximate surface area is 137 Å². The number of aromatic nitrogens is 4. The first-order valence-electron chi connectivity index (χ1n) is 8.32. The Morgan fingerprint density at radius 2 is 2.22 bits per heavy atom. The molecule has 0 saturated carbocycles. The van der Waals surface area contributed by atoms with Crippen molar-refractivity contribution < 1.29 is 4.79 Å². The van der Waals surface area contributed by atoms with E-state index >= 15 is 0 Å². The smallest absolute Gasteiger partial charge is 0.223 e. The molecule has 1 aliphatic heterocycles. The van der Waals surface area contributed by atoms with E-state index in [4.69, 9.17) is 0 Å². The lowest BCUT2D eigenvalue weighted by atomic mass is 10.1. The van der Waals surface area contributed by atoms with E-state index < -0.39 is 0 Å². The molecule has 0 radical (unpaired) electrons. The summed E-state index contributed by atoms with van der Waals surface area (Å²) in [5, 5.41) is 8.69. The van der Waals surface area contributed by atoms with E-state index in [9.17, 15) is 4.79 Å². The topological polar surface area (TPSA) is 56.0 Å². The Hall–Kier alpha value is -2.11. The Bertz CT molecular complexity index is 673. The maximum Gasteiger partial charge on any atom is 0.223 e. The predicted octanol–water partition coefficient (Wildman–Crippen LogP) is 1.86. The van der Waals surface area contributed by atoms with Crippen molar-refractivity contribution in [2.45, 2.75) is 52.1 Å². The van der Waals surface area contributed by atoms with Gasteiger partial charge in [-0.2, -0.15) is 10.2 Å². The average Bonchev–Trinajstić information content (AvgIpc) is 3.22. The third-order valence-corrected chi connectivity index (χ3v) is 4.90. The monoisotopic (exact) mass is 315 g/mol. The van der Waals surface area contributed by atoms with Crippen LogP contribution in [0.5, 0.6) is 0 Å². The van der Waals surface area contributed by atoms with E-state index in [0.29, 0.717) is 6.42 Å². The highest BCUT2D eigenvalue weighted by Crippen LogP contribution is 2.21. The van der Waals surface area contributed by atoms with Gasteiger partial charge in [0, 0.05) is 38.1 Å². The number of nitrogens with zero attached hydrogens (tertiary/aromatic N) is 5. The van der Waals surface area contributed by atoms with Gasteiger partial charge in [0.25, 0.3) is 0 Å². The van der Waals surface area contributed by atoms with Gasteiger partial charge in [-0.1, -0.05) is 0 Å². The third kappa shape index (κ3) is 3.30. The van der Waals surface area contributed by atoms with Gasteiger partial charge in [0.15, 0.2) is 0 Å². The second-order valence-electron chi connectivity index (χ2n) is 6.38. The lowest BCUT2D eigenvalue weighted by Crippen LogP contribution is -2.38. The van der Waals surface area contributed by atoms with E-state index in [0.717, 1.165) is 43.7 Å². The van der Waals surface area contributed by atoms with Crippen molar-refractivity contribution in [3.05, 3.63) is 35.4 Å². The van der Waals surface area contributed by atoms with Crippen LogP contribution < -0.4 is 0 Å². The molecule has 0 aliphatic carbocycles. The first-order chi connectivity index (χ1) is 11.1. The SMILES string of the molecule is Cc1nn(C)c(C)c1CCC(=O)N1CCC[C@@H]1Cn1cccn1. The van der Waals surface area contributed by atoms with E-state index in [-0.39, 0.29) is 11.9 Å². The van der Waals surface area contributed by atoms with Crippen molar-refractivity contribution in [2.75, 3.05) is 6.54 Å². The molecule has 1 fully saturated rings. The van der Waals surface area contributed by atoms with Crippen LogP contribution in [0.25, 0.3) is 0 Å². The van der Waals surface area contributed by atoms with Crippen LogP contribution in [0.4, 0.5) is 0 Å². The summed E-state index contributed by atoms with van der Waals surface area (Å²) in [4.78, 5) is 14.7. The van der Waals surface area contributed by atoms with Gasteiger partial charge in [0.1, 0.15) is 0 Å². The highest BCUT2D eigenvalue weighted by Gasteiger charge is 2.29. The molecular formula is C17H25N5O. The maximum atomic E-state index is 12.7. The Balaban J connectivity index is 1.61. The van der Waals surface area contributed by atoms with Crippen LogP contribution in [0.1, 0.15) is 36.2 Å². The fourth-order valence-corrected chi connectivity index (χ4v) is 3.53. The van der Waals surface area contributed by atoms with Gasteiger partial charge in [-0.3, -0.25) is 14.2 Å². The molecule has 124 valence electrons. The molecule has 1 aliphatic rings. The van der Waals surface area contributed by atoms with Crippen LogP contribution in [0.3, 0.4) is 0 Å². The first-order valence-corrected chi connectivity index (χ1v) is 8.32. The first kappa shape index (κ1) is 15.8. The van der Waals surface area contributed by atoms with Crippen molar-refractivity contribution in [2.24, 2.45) is 7.05 Å². The minimum absolute atomic E-state index is 0.252. The summed E-state index contributed by atoms with van der Waals surface area (Å²) in [7, 11) is 1.95. The molecule has 0 bridgehead atoms. The minimum atomic E-state index is 0.252. The zero-order valence-corrected chi connectivity index (χ0v) is 14.2. The molecule has 6 heteroatoms. The zero-order valence-electron chi connectivity index (χ0n) is 14.2. The number of rotatable bonds is 5. The van der Waals surface area contributed by atoms with Crippen molar-refractivity contribution in [1.82, 2.24) is 24.5 Å². The van der Waals surface area contributed by atoms with Gasteiger partial charge in [-0.15, -0.1) is 0 Å². The van der Waals surface area contributed by atoms with Crippen molar-refractivity contribution in [3.63, 3.8) is 0 Å². The summed E-state index contributed by atoms with van der Waals surface area (Å²) < 4.78 is 3.82. The summed E-state index contributed by atoms with van der Waals surface area (Å²) in [5.41, 5.74) is 3.40. The molecule has 3 heterocycles. The number of likely N-dealkylation sites (tertiary alicyclic amines) is 1. The van der Waals surface area contributed by atoms with Crippen molar-refractivity contribution >= 4 is 5.91 Å². The van der Waals surface area contributed by atoms with E-state index in [2.05, 4.69) is 17.1 Å². The van der Waals surface area contributed by atoms with Crippen molar-refractivity contribution in [1.29, 1.82) is 0 Å². The number of aryl methyl sites for hydroxylation is 2. The highest BCUT2D eigenvalue weighted by atomic mass is 16.2. The van der Waals surface area contributed by atoms with Gasteiger partial charge < -0.3 is 4.90 Å². The molecule has 2 aromatic heterocycles. The molecule has 6 nitrogen and oxygen atoms in total. The number of hydrogen-bond acceptors (Lipinski definition) is 3. The van der Waals surface area contributed by atoms with Gasteiger partial charge >= 0.3 is 0 Å². The Morgan fingerprint density at radius 1 is 1.39 bits per heavy atom. The minimum Gasteiger partial charge on any atom is -0.338 e. The second-order valence-corrected chi connectivity index (χ2v) is 6.38. The fraction of sp³-hybridized carbons (Fsp3) is 0.588. The van der Waals surface area contributed by atoms with E-state index in [1.165, 1.54) is 5.56 Å². The van der Waals surface area contributed by atoms with Crippen LogP contribution in [-0.4, -0.2) is 43.0 Å². The Kier molecular flexibility index (Phi) is 4.50. The largest absolute Gasteiger partial charge is 0.338 e. The molecule has 1 amide bonds. The molecular weight excluding hydrogens is 290 g/mol. The molecule has 1 saturated heterocycles. The van der Waals surface area contributed by atoms with Gasteiger partial charge in [0.2, 0.25) is 5.91 Å². The second kappa shape index (κ2) is 6.56. The number of hydrogen-bond donors (Lipinski definition) is 0. The zero-order chi connectivity index (χ0) is 16.4. The van der Waals surface area contributed by atoms with Crippen LogP contribution in [0.15, 0.2) is 18.5 Å². The molecule has 0 N–H and O–H groups in total. The Morgan fingerprint density at radius 3 is 2.87 bits per heavy atom. The van der Waals surface area contributed by atoms with Gasteiger partial charge in [-0.05, 0) is 44.7 Å². The highest BCUT2D eigenvalue weighted by molar-refractivity contribution is 5.77. The third-order valence-electron chi connectivity index (χ3n) is 4.90. The van der Waals surface area contributed by atoms with Crippen LogP contribution in [0, 0.1) is 13.8 Å². The molecule has 0 unspecified atom stereocenters.